The standard InChI is InChI=1S/C34H45FN8O4S/c1-4-43-28(12-13-37-43)29(44)19-24(22-8-6-5-7-9-22)31(45)38-26-11-10-23(18-25(26)35)21(2)30(33(47)42-16-14-41(3)15-17-42)40-32(46)27-20-48-34(36)39-27/h10-13,18,20-22,24,30H,4-9,14-17,19H2,1-3H3,(H2,36,39)(H,38,45)(H,40,46)/t21-,24-,30+/m0/s1. The zero-order valence-electron chi connectivity index (χ0n) is 27.8. The highest BCUT2D eigenvalue weighted by Gasteiger charge is 2.35. The molecule has 2 aromatic heterocycles. The van der Waals surface area contributed by atoms with Crippen LogP contribution in [0.25, 0.3) is 0 Å². The molecule has 0 unspecified atom stereocenters. The Morgan fingerprint density at radius 2 is 1.81 bits per heavy atom. The van der Waals surface area contributed by atoms with Gasteiger partial charge in [0.15, 0.2) is 10.9 Å². The summed E-state index contributed by atoms with van der Waals surface area (Å²) in [6.07, 6.45) is 6.31. The molecule has 0 radical (unpaired) electrons. The molecule has 258 valence electrons. The Kier molecular flexibility index (Phi) is 11.6. The van der Waals surface area contributed by atoms with Crippen LogP contribution < -0.4 is 16.4 Å². The first-order valence-electron chi connectivity index (χ1n) is 16.7. The summed E-state index contributed by atoms with van der Waals surface area (Å²) >= 11 is 1.12. The third kappa shape index (κ3) is 8.27. The van der Waals surface area contributed by atoms with Crippen molar-refractivity contribution in [1.29, 1.82) is 0 Å². The summed E-state index contributed by atoms with van der Waals surface area (Å²) in [6.45, 7) is 6.59. The molecular weight excluding hydrogens is 635 g/mol. The van der Waals surface area contributed by atoms with Crippen molar-refractivity contribution in [2.24, 2.45) is 11.8 Å². The second-order valence-electron chi connectivity index (χ2n) is 12.8. The van der Waals surface area contributed by atoms with Crippen molar-refractivity contribution in [3.63, 3.8) is 0 Å². The van der Waals surface area contributed by atoms with Crippen LogP contribution in [0.5, 0.6) is 0 Å². The number of amides is 3. The minimum Gasteiger partial charge on any atom is -0.375 e. The first kappa shape index (κ1) is 35.1. The lowest BCUT2D eigenvalue weighted by atomic mass is 9.77. The number of piperazine rings is 1. The topological polar surface area (TPSA) is 156 Å². The molecule has 5 rings (SSSR count). The number of likely N-dealkylation sites (N-methyl/N-ethyl adjacent to an activating group) is 1. The number of benzene rings is 1. The fourth-order valence-corrected chi connectivity index (χ4v) is 7.24. The smallest absolute Gasteiger partial charge is 0.271 e. The Morgan fingerprint density at radius 1 is 1.08 bits per heavy atom. The van der Waals surface area contributed by atoms with E-state index in [1.807, 2.05) is 14.0 Å². The van der Waals surface area contributed by atoms with Gasteiger partial charge in [-0.3, -0.25) is 23.9 Å². The van der Waals surface area contributed by atoms with Gasteiger partial charge >= 0.3 is 0 Å². The fraction of sp³-hybridized carbons (Fsp3) is 0.529. The molecule has 3 heterocycles. The van der Waals surface area contributed by atoms with Crippen LogP contribution in [-0.2, 0) is 16.1 Å². The summed E-state index contributed by atoms with van der Waals surface area (Å²) in [5, 5.41) is 11.5. The largest absolute Gasteiger partial charge is 0.375 e. The van der Waals surface area contributed by atoms with Gasteiger partial charge in [0.1, 0.15) is 23.2 Å². The number of nitrogens with one attached hydrogen (secondary N) is 2. The van der Waals surface area contributed by atoms with E-state index in [9.17, 15) is 19.2 Å². The van der Waals surface area contributed by atoms with Crippen molar-refractivity contribution in [1.82, 2.24) is 29.9 Å². The van der Waals surface area contributed by atoms with Crippen LogP contribution >= 0.6 is 11.3 Å². The summed E-state index contributed by atoms with van der Waals surface area (Å²) in [6, 6.07) is 5.09. The second-order valence-corrected chi connectivity index (χ2v) is 13.7. The van der Waals surface area contributed by atoms with Gasteiger partial charge in [0, 0.05) is 62.6 Å². The van der Waals surface area contributed by atoms with Gasteiger partial charge in [-0.15, -0.1) is 11.3 Å². The number of Topliss-reactive ketones (excluding diaryl/α,β-unsaturated/α-hetero) is 1. The lowest BCUT2D eigenvalue weighted by Crippen LogP contribution is -2.55. The predicted molar refractivity (Wildman–Crippen MR) is 182 cm³/mol. The Morgan fingerprint density at radius 3 is 2.46 bits per heavy atom. The van der Waals surface area contributed by atoms with Gasteiger partial charge in [0.25, 0.3) is 5.91 Å². The van der Waals surface area contributed by atoms with E-state index in [-0.39, 0.29) is 40.5 Å². The zero-order chi connectivity index (χ0) is 34.4. The van der Waals surface area contributed by atoms with E-state index < -0.39 is 35.5 Å². The highest BCUT2D eigenvalue weighted by molar-refractivity contribution is 7.13. The van der Waals surface area contributed by atoms with Crippen molar-refractivity contribution in [3.05, 3.63) is 58.6 Å². The van der Waals surface area contributed by atoms with Crippen LogP contribution in [0.15, 0.2) is 35.8 Å². The molecule has 48 heavy (non-hydrogen) atoms. The van der Waals surface area contributed by atoms with Crippen molar-refractivity contribution < 1.29 is 23.6 Å². The number of ketones is 1. The molecular formula is C34H45FN8O4S. The molecule has 1 saturated carbocycles. The molecule has 1 saturated heterocycles. The Bertz CT molecular complexity index is 1610. The van der Waals surface area contributed by atoms with Crippen molar-refractivity contribution >= 4 is 45.7 Å². The Balaban J connectivity index is 1.34. The van der Waals surface area contributed by atoms with E-state index in [4.69, 9.17) is 5.73 Å². The van der Waals surface area contributed by atoms with Crippen LogP contribution in [0.3, 0.4) is 0 Å². The van der Waals surface area contributed by atoms with Crippen LogP contribution in [0.4, 0.5) is 15.2 Å². The number of carbonyl (C=O) groups excluding carboxylic acids is 4. The van der Waals surface area contributed by atoms with E-state index in [2.05, 4.69) is 25.6 Å². The zero-order valence-corrected chi connectivity index (χ0v) is 28.6. The first-order chi connectivity index (χ1) is 23.0. The number of hydrogen-bond donors (Lipinski definition) is 3. The third-order valence-electron chi connectivity index (χ3n) is 9.66. The number of nitrogen functional groups attached to an aromatic ring is 1. The normalized spacial score (nSPS) is 17.8. The Hall–Kier alpha value is -4.17. The lowest BCUT2D eigenvalue weighted by molar-refractivity contribution is -0.135. The average Bonchev–Trinajstić information content (AvgIpc) is 3.76. The molecule has 3 atom stereocenters. The molecule has 14 heteroatoms. The summed E-state index contributed by atoms with van der Waals surface area (Å²) in [4.78, 5) is 61.8. The number of anilines is 2. The van der Waals surface area contributed by atoms with Gasteiger partial charge in [-0.1, -0.05) is 32.3 Å². The maximum Gasteiger partial charge on any atom is 0.271 e. The number of aromatic nitrogens is 3. The first-order valence-corrected chi connectivity index (χ1v) is 17.6. The van der Waals surface area contributed by atoms with Crippen molar-refractivity contribution in [2.45, 2.75) is 70.9 Å². The van der Waals surface area contributed by atoms with E-state index >= 15 is 4.39 Å². The molecule has 2 fully saturated rings. The number of halogens is 1. The van der Waals surface area contributed by atoms with E-state index in [1.165, 1.54) is 17.5 Å². The maximum atomic E-state index is 15.7. The molecule has 12 nitrogen and oxygen atoms in total. The number of thiazole rings is 1. The molecule has 4 N–H and O–H groups in total. The van der Waals surface area contributed by atoms with Gasteiger partial charge < -0.3 is 26.2 Å². The summed E-state index contributed by atoms with van der Waals surface area (Å²) in [7, 11) is 1.98. The maximum absolute atomic E-state index is 15.7. The Labute approximate surface area is 284 Å². The number of nitrogens with two attached hydrogens (primary N) is 1. The SMILES string of the molecule is CCn1nccc1C(=O)C[C@H](C(=O)Nc1ccc([C@H](C)[C@@H](NC(=O)c2csc(N)n2)C(=O)N2CCN(C)CC2)cc1F)C1CCCCC1. The fourth-order valence-electron chi connectivity index (χ4n) is 6.70. The van der Waals surface area contributed by atoms with Crippen molar-refractivity contribution in [3.8, 4) is 0 Å². The van der Waals surface area contributed by atoms with Crippen LogP contribution in [0, 0.1) is 17.7 Å². The van der Waals surface area contributed by atoms with Crippen LogP contribution in [-0.4, -0.2) is 87.3 Å². The molecule has 1 aliphatic heterocycles. The molecule has 0 spiro atoms. The highest BCUT2D eigenvalue weighted by atomic mass is 32.1. The van der Waals surface area contributed by atoms with Gasteiger partial charge in [0.2, 0.25) is 11.8 Å². The van der Waals surface area contributed by atoms with E-state index in [0.717, 1.165) is 43.4 Å². The summed E-state index contributed by atoms with van der Waals surface area (Å²) in [5.74, 6) is -3.26. The number of aryl methyl sites for hydroxylation is 1. The van der Waals surface area contributed by atoms with Gasteiger partial charge in [0.05, 0.1) is 5.69 Å². The van der Waals surface area contributed by atoms with Crippen LogP contribution in [0.1, 0.15) is 84.8 Å². The molecule has 1 aliphatic carbocycles. The number of carbonyl (C=O) groups is 4. The third-order valence-corrected chi connectivity index (χ3v) is 10.3. The summed E-state index contributed by atoms with van der Waals surface area (Å²) < 4.78 is 17.4. The number of rotatable bonds is 12. The van der Waals surface area contributed by atoms with E-state index in [0.29, 0.717) is 44.0 Å². The quantitative estimate of drug-likeness (QED) is 0.241. The van der Waals surface area contributed by atoms with Gasteiger partial charge in [-0.2, -0.15) is 5.10 Å². The monoisotopic (exact) mass is 680 g/mol. The van der Waals surface area contributed by atoms with E-state index in [1.54, 1.807) is 34.8 Å². The molecule has 1 aromatic carbocycles. The van der Waals surface area contributed by atoms with Crippen molar-refractivity contribution in [2.75, 3.05) is 44.3 Å². The molecule has 3 amide bonds. The van der Waals surface area contributed by atoms with Gasteiger partial charge in [-0.25, -0.2) is 9.37 Å². The lowest BCUT2D eigenvalue weighted by Gasteiger charge is -2.36. The average molecular weight is 681 g/mol. The number of hydrogen-bond acceptors (Lipinski definition) is 9. The summed E-state index contributed by atoms with van der Waals surface area (Å²) in [5.41, 5.74) is 6.76. The predicted octanol–water partition coefficient (Wildman–Crippen LogP) is 4.16. The highest BCUT2D eigenvalue weighted by Crippen LogP contribution is 2.34. The minimum atomic E-state index is -0.998. The molecule has 2 aliphatic rings. The second kappa shape index (κ2) is 15.8. The van der Waals surface area contributed by atoms with Gasteiger partial charge in [-0.05, 0) is 56.5 Å². The number of nitrogens with zero attached hydrogens (tertiary/aromatic N) is 5. The van der Waals surface area contributed by atoms with Crippen LogP contribution in [0.2, 0.25) is 0 Å². The minimum absolute atomic E-state index is 0.00765. The molecule has 3 aromatic rings. The molecule has 0 bridgehead atoms.